The van der Waals surface area contributed by atoms with Gasteiger partial charge in [0.15, 0.2) is 5.82 Å². The smallest absolute Gasteiger partial charge is 0.282 e. The predicted octanol–water partition coefficient (Wildman–Crippen LogP) is 5.89. The van der Waals surface area contributed by atoms with Crippen molar-refractivity contribution in [3.8, 4) is 17.1 Å². The summed E-state index contributed by atoms with van der Waals surface area (Å²) in [6.07, 6.45) is 2.60. The van der Waals surface area contributed by atoms with Gasteiger partial charge in [0.2, 0.25) is 0 Å². The summed E-state index contributed by atoms with van der Waals surface area (Å²) in [6.45, 7) is 4.10. The first-order valence-corrected chi connectivity index (χ1v) is 10.9. The van der Waals surface area contributed by atoms with Crippen molar-refractivity contribution in [1.82, 2.24) is 9.66 Å². The minimum Gasteiger partial charge on any atom is -0.490 e. The van der Waals surface area contributed by atoms with Crippen LogP contribution in [0.15, 0.2) is 87.2 Å². The molecule has 0 bridgehead atoms. The molecule has 4 rings (SSSR count). The topological polar surface area (TPSA) is 56.5 Å². The summed E-state index contributed by atoms with van der Waals surface area (Å²) in [4.78, 5) is 18.0. The van der Waals surface area contributed by atoms with Gasteiger partial charge in [0, 0.05) is 15.6 Å². The molecule has 0 saturated heterocycles. The molecule has 0 amide bonds. The molecule has 6 heteroatoms. The normalized spacial score (nSPS) is 12.4. The van der Waals surface area contributed by atoms with E-state index in [2.05, 4.69) is 28.0 Å². The predicted molar refractivity (Wildman–Crippen MR) is 129 cm³/mol. The number of hydrogen-bond acceptors (Lipinski definition) is 4. The Morgan fingerprint density at radius 1 is 1.10 bits per heavy atom. The van der Waals surface area contributed by atoms with E-state index in [1.54, 1.807) is 12.3 Å². The second-order valence-corrected chi connectivity index (χ2v) is 8.11. The number of nitrogens with zero attached hydrogens (tertiary/aromatic N) is 3. The molecule has 3 aromatic carbocycles. The zero-order valence-corrected chi connectivity index (χ0v) is 18.9. The van der Waals surface area contributed by atoms with Crippen molar-refractivity contribution in [1.29, 1.82) is 0 Å². The molecule has 31 heavy (non-hydrogen) atoms. The Labute approximate surface area is 189 Å². The van der Waals surface area contributed by atoms with Gasteiger partial charge in [-0.2, -0.15) is 9.78 Å². The lowest BCUT2D eigenvalue weighted by molar-refractivity contribution is 0.217. The van der Waals surface area contributed by atoms with Gasteiger partial charge in [-0.1, -0.05) is 65.3 Å². The molecule has 4 aromatic rings. The highest BCUT2D eigenvalue weighted by molar-refractivity contribution is 9.10. The van der Waals surface area contributed by atoms with Crippen LogP contribution in [0.2, 0.25) is 0 Å². The molecule has 1 heterocycles. The molecule has 0 unspecified atom stereocenters. The molecule has 0 radical (unpaired) electrons. The third-order valence-electron chi connectivity index (χ3n) is 4.97. The van der Waals surface area contributed by atoms with Gasteiger partial charge in [0.05, 0.1) is 23.2 Å². The zero-order valence-electron chi connectivity index (χ0n) is 17.3. The van der Waals surface area contributed by atoms with Crippen LogP contribution in [-0.4, -0.2) is 22.0 Å². The molecule has 0 spiro atoms. The monoisotopic (exact) mass is 475 g/mol. The summed E-state index contributed by atoms with van der Waals surface area (Å²) >= 11 is 3.51. The van der Waals surface area contributed by atoms with Crippen LogP contribution in [0.3, 0.4) is 0 Å². The Hall–Kier alpha value is -3.25. The number of aromatic nitrogens is 2. The summed E-state index contributed by atoms with van der Waals surface area (Å²) in [5.74, 6) is 1.20. The van der Waals surface area contributed by atoms with Crippen molar-refractivity contribution in [2.45, 2.75) is 26.4 Å². The van der Waals surface area contributed by atoms with Crippen molar-refractivity contribution in [3.63, 3.8) is 0 Å². The highest BCUT2D eigenvalue weighted by Gasteiger charge is 2.13. The molecule has 0 aliphatic carbocycles. The number of para-hydroxylation sites is 1. The largest absolute Gasteiger partial charge is 0.490 e. The molecule has 0 aliphatic rings. The fraction of sp³-hybridized carbons (Fsp3) is 0.160. The average molecular weight is 476 g/mol. The molecular formula is C25H22BrN3O2. The summed E-state index contributed by atoms with van der Waals surface area (Å²) in [5.41, 5.74) is 2.00. The Kier molecular flexibility index (Phi) is 6.28. The van der Waals surface area contributed by atoms with E-state index in [-0.39, 0.29) is 11.7 Å². The van der Waals surface area contributed by atoms with Crippen molar-refractivity contribution in [3.05, 3.63) is 93.2 Å². The maximum atomic E-state index is 13.3. The first kappa shape index (κ1) is 21.0. The SMILES string of the molecule is CC[C@H](C)Oc1ccc(Br)cc1C=Nn1c(-c2ccccc2)nc2ccccc2c1=O. The van der Waals surface area contributed by atoms with Gasteiger partial charge in [-0.25, -0.2) is 4.98 Å². The Bertz CT molecular complexity index is 1300. The van der Waals surface area contributed by atoms with E-state index in [1.807, 2.05) is 73.7 Å². The van der Waals surface area contributed by atoms with Gasteiger partial charge in [-0.3, -0.25) is 4.79 Å². The van der Waals surface area contributed by atoms with Gasteiger partial charge >= 0.3 is 0 Å². The highest BCUT2D eigenvalue weighted by Crippen LogP contribution is 2.24. The van der Waals surface area contributed by atoms with Gasteiger partial charge < -0.3 is 4.74 Å². The average Bonchev–Trinajstić information content (AvgIpc) is 2.80. The standard InChI is InChI=1S/C25H22BrN3O2/c1-3-17(2)31-23-14-13-20(26)15-19(23)16-27-29-24(18-9-5-4-6-10-18)28-22-12-8-7-11-21(22)25(29)30/h4-17H,3H2,1-2H3/t17-/m0/s1. The third-order valence-corrected chi connectivity index (χ3v) is 5.47. The van der Waals surface area contributed by atoms with Crippen LogP contribution < -0.4 is 10.3 Å². The van der Waals surface area contributed by atoms with E-state index in [0.717, 1.165) is 22.0 Å². The van der Waals surface area contributed by atoms with Crippen molar-refractivity contribution < 1.29 is 4.74 Å². The Morgan fingerprint density at radius 3 is 2.61 bits per heavy atom. The summed E-state index contributed by atoms with van der Waals surface area (Å²) in [6, 6.07) is 22.6. The van der Waals surface area contributed by atoms with Crippen molar-refractivity contribution in [2.24, 2.45) is 5.10 Å². The highest BCUT2D eigenvalue weighted by atomic mass is 79.9. The van der Waals surface area contributed by atoms with Gasteiger partial charge in [-0.15, -0.1) is 0 Å². The van der Waals surface area contributed by atoms with Crippen LogP contribution in [0.4, 0.5) is 0 Å². The number of benzene rings is 3. The van der Waals surface area contributed by atoms with Crippen LogP contribution in [-0.2, 0) is 0 Å². The maximum Gasteiger partial charge on any atom is 0.282 e. The first-order valence-electron chi connectivity index (χ1n) is 10.1. The lowest BCUT2D eigenvalue weighted by Gasteiger charge is -2.15. The van der Waals surface area contributed by atoms with E-state index < -0.39 is 0 Å². The van der Waals surface area contributed by atoms with Crippen molar-refractivity contribution >= 4 is 33.0 Å². The second-order valence-electron chi connectivity index (χ2n) is 7.20. The van der Waals surface area contributed by atoms with E-state index in [4.69, 9.17) is 9.72 Å². The number of ether oxygens (including phenoxy) is 1. The lowest BCUT2D eigenvalue weighted by Crippen LogP contribution is -2.20. The quantitative estimate of drug-likeness (QED) is 0.327. The summed E-state index contributed by atoms with van der Waals surface area (Å²) < 4.78 is 8.29. The van der Waals surface area contributed by atoms with Crippen LogP contribution in [0.5, 0.6) is 5.75 Å². The minimum atomic E-state index is -0.222. The molecule has 0 fully saturated rings. The molecule has 1 atom stereocenters. The lowest BCUT2D eigenvalue weighted by atomic mass is 10.2. The maximum absolute atomic E-state index is 13.3. The molecular weight excluding hydrogens is 454 g/mol. The molecule has 156 valence electrons. The molecule has 5 nitrogen and oxygen atoms in total. The second kappa shape index (κ2) is 9.27. The number of rotatable bonds is 6. The molecule has 0 aliphatic heterocycles. The summed E-state index contributed by atoms with van der Waals surface area (Å²) in [7, 11) is 0. The molecule has 1 aromatic heterocycles. The first-order chi connectivity index (χ1) is 15.1. The van der Waals surface area contributed by atoms with E-state index in [0.29, 0.717) is 22.5 Å². The Balaban J connectivity index is 1.87. The van der Waals surface area contributed by atoms with E-state index in [1.165, 1.54) is 4.68 Å². The van der Waals surface area contributed by atoms with E-state index in [9.17, 15) is 4.79 Å². The summed E-state index contributed by atoms with van der Waals surface area (Å²) in [5, 5.41) is 5.07. The number of hydrogen-bond donors (Lipinski definition) is 0. The minimum absolute atomic E-state index is 0.0678. The van der Waals surface area contributed by atoms with Crippen LogP contribution in [0.25, 0.3) is 22.3 Å². The molecule has 0 saturated carbocycles. The van der Waals surface area contributed by atoms with Crippen molar-refractivity contribution in [2.75, 3.05) is 0 Å². The zero-order chi connectivity index (χ0) is 21.8. The number of halogens is 1. The van der Waals surface area contributed by atoms with Gasteiger partial charge in [-0.05, 0) is 43.7 Å². The van der Waals surface area contributed by atoms with Crippen LogP contribution >= 0.6 is 15.9 Å². The third kappa shape index (κ3) is 4.59. The fourth-order valence-corrected chi connectivity index (χ4v) is 3.53. The van der Waals surface area contributed by atoms with Gasteiger partial charge in [0.25, 0.3) is 5.56 Å². The fourth-order valence-electron chi connectivity index (χ4n) is 3.15. The number of fused-ring (bicyclic) bond motifs is 1. The Morgan fingerprint density at radius 2 is 1.84 bits per heavy atom. The molecule has 0 N–H and O–H groups in total. The van der Waals surface area contributed by atoms with Crippen LogP contribution in [0.1, 0.15) is 25.8 Å². The van der Waals surface area contributed by atoms with Gasteiger partial charge in [0.1, 0.15) is 5.75 Å². The van der Waals surface area contributed by atoms with Crippen LogP contribution in [0, 0.1) is 0 Å². The van der Waals surface area contributed by atoms with E-state index >= 15 is 0 Å².